The summed E-state index contributed by atoms with van der Waals surface area (Å²) in [6.45, 7) is 1.19. The van der Waals surface area contributed by atoms with Crippen LogP contribution in [0.1, 0.15) is 47.5 Å². The average Bonchev–Trinajstić information content (AvgIpc) is 3.52. The number of likely N-dealkylation sites (tertiary alicyclic amines) is 1. The van der Waals surface area contributed by atoms with Crippen LogP contribution >= 0.6 is 57.7 Å². The molecule has 4 heterocycles. The molecular weight excluding hydrogens is 566 g/mol. The number of oxime groups is 1. The van der Waals surface area contributed by atoms with Gasteiger partial charge >= 0.3 is 0 Å². The highest BCUT2D eigenvalue weighted by molar-refractivity contribution is 7.10. The molecular formula is C24H20Cl4N4O3S. The van der Waals surface area contributed by atoms with Gasteiger partial charge in [0.05, 0.1) is 20.7 Å². The first-order valence-corrected chi connectivity index (χ1v) is 13.6. The van der Waals surface area contributed by atoms with Crippen molar-refractivity contribution in [1.82, 2.24) is 14.5 Å². The summed E-state index contributed by atoms with van der Waals surface area (Å²) < 4.78 is 1.34. The third-order valence-corrected chi connectivity index (χ3v) is 8.47. The Morgan fingerprint density at radius 2 is 1.83 bits per heavy atom. The normalized spacial score (nSPS) is 18.3. The van der Waals surface area contributed by atoms with E-state index in [2.05, 4.69) is 5.16 Å². The number of carbonyl (C=O) groups is 1. The molecule has 5 rings (SSSR count). The monoisotopic (exact) mass is 584 g/mol. The maximum absolute atomic E-state index is 12.7. The SMILES string of the molecule is O=C(Cn1cccc(Cl)c1=O)N1CCC(c2nc(C3=NOC(c4c(Cl)cc(Cl)cc4Cl)C3)cs2)CC1. The van der Waals surface area contributed by atoms with E-state index in [0.717, 1.165) is 29.3 Å². The van der Waals surface area contributed by atoms with Gasteiger partial charge in [0.25, 0.3) is 5.56 Å². The fraction of sp³-hybridized carbons (Fsp3) is 0.333. The van der Waals surface area contributed by atoms with Crippen LogP contribution in [-0.4, -0.2) is 39.2 Å². The lowest BCUT2D eigenvalue weighted by molar-refractivity contribution is -0.132. The smallest absolute Gasteiger partial charge is 0.269 e. The van der Waals surface area contributed by atoms with Crippen molar-refractivity contribution in [3.05, 3.63) is 82.6 Å². The zero-order valence-electron chi connectivity index (χ0n) is 18.8. The Hall–Kier alpha value is -2.10. The van der Waals surface area contributed by atoms with Crippen LogP contribution in [0, 0.1) is 0 Å². The van der Waals surface area contributed by atoms with Gasteiger partial charge in [-0.05, 0) is 37.1 Å². The molecule has 1 aromatic carbocycles. The minimum Gasteiger partial charge on any atom is -0.387 e. The van der Waals surface area contributed by atoms with Gasteiger partial charge < -0.3 is 14.3 Å². The predicted molar refractivity (Wildman–Crippen MR) is 143 cm³/mol. The summed E-state index contributed by atoms with van der Waals surface area (Å²) in [6.07, 6.45) is 3.27. The van der Waals surface area contributed by atoms with Crippen LogP contribution in [0.3, 0.4) is 0 Å². The lowest BCUT2D eigenvalue weighted by Crippen LogP contribution is -2.41. The van der Waals surface area contributed by atoms with Crippen LogP contribution in [0.4, 0.5) is 0 Å². The third kappa shape index (κ3) is 5.29. The van der Waals surface area contributed by atoms with Gasteiger partial charge in [0.15, 0.2) is 6.10 Å². The van der Waals surface area contributed by atoms with Crippen molar-refractivity contribution in [1.29, 1.82) is 0 Å². The van der Waals surface area contributed by atoms with Crippen LogP contribution in [0.25, 0.3) is 0 Å². The molecule has 1 atom stereocenters. The van der Waals surface area contributed by atoms with E-state index in [9.17, 15) is 9.59 Å². The maximum atomic E-state index is 12.7. The standard InChI is InChI=1S/C24H20Cl4N4O3S/c25-14-8-16(27)22(17(28)9-14)20-10-18(30-35-20)19-12-36-23(29-19)13-3-6-31(7-4-13)21(33)11-32-5-1-2-15(26)24(32)34/h1-2,5,8-9,12-13,20H,3-4,6-7,10-11H2. The molecule has 36 heavy (non-hydrogen) atoms. The van der Waals surface area contributed by atoms with E-state index in [1.165, 1.54) is 10.6 Å². The number of halogens is 4. The van der Waals surface area contributed by atoms with E-state index >= 15 is 0 Å². The quantitative estimate of drug-likeness (QED) is 0.358. The van der Waals surface area contributed by atoms with Crippen molar-refractivity contribution in [3.8, 4) is 0 Å². The average molecular weight is 586 g/mol. The van der Waals surface area contributed by atoms with Gasteiger partial charge in [0, 0.05) is 47.6 Å². The first-order valence-electron chi connectivity index (χ1n) is 11.3. The summed E-state index contributed by atoms with van der Waals surface area (Å²) in [4.78, 5) is 37.1. The van der Waals surface area contributed by atoms with Crippen molar-refractivity contribution in [2.75, 3.05) is 13.1 Å². The molecule has 0 saturated carbocycles. The van der Waals surface area contributed by atoms with Crippen LogP contribution in [0.5, 0.6) is 0 Å². The molecule has 1 unspecified atom stereocenters. The molecule has 188 valence electrons. The first kappa shape index (κ1) is 25.5. The van der Waals surface area contributed by atoms with E-state index in [1.807, 2.05) is 5.38 Å². The highest BCUT2D eigenvalue weighted by Crippen LogP contribution is 2.40. The second-order valence-corrected chi connectivity index (χ2v) is 11.2. The molecule has 1 amide bonds. The van der Waals surface area contributed by atoms with E-state index in [1.54, 1.807) is 40.6 Å². The molecule has 1 fully saturated rings. The number of hydrogen-bond donors (Lipinski definition) is 0. The van der Waals surface area contributed by atoms with E-state index in [4.69, 9.17) is 56.2 Å². The fourth-order valence-electron chi connectivity index (χ4n) is 4.41. The molecule has 2 aliphatic rings. The fourth-order valence-corrected chi connectivity index (χ4v) is 6.65. The van der Waals surface area contributed by atoms with Crippen LogP contribution in [0.2, 0.25) is 20.1 Å². The summed E-state index contributed by atoms with van der Waals surface area (Å²) in [5, 5.41) is 8.67. The number of rotatable bonds is 5. The number of thiazole rings is 1. The summed E-state index contributed by atoms with van der Waals surface area (Å²) in [7, 11) is 0. The molecule has 2 aliphatic heterocycles. The highest BCUT2D eigenvalue weighted by Gasteiger charge is 2.31. The predicted octanol–water partition coefficient (Wildman–Crippen LogP) is 6.19. The zero-order valence-corrected chi connectivity index (χ0v) is 22.6. The summed E-state index contributed by atoms with van der Waals surface area (Å²) in [5.74, 6) is 0.154. The van der Waals surface area contributed by atoms with Gasteiger partial charge in [-0.15, -0.1) is 11.3 Å². The number of benzene rings is 1. The van der Waals surface area contributed by atoms with Gasteiger partial charge in [-0.3, -0.25) is 9.59 Å². The van der Waals surface area contributed by atoms with Crippen molar-refractivity contribution in [2.24, 2.45) is 5.16 Å². The second kappa shape index (κ2) is 10.7. The van der Waals surface area contributed by atoms with Crippen LogP contribution in [0.15, 0.2) is 45.8 Å². The molecule has 0 bridgehead atoms. The van der Waals surface area contributed by atoms with E-state index < -0.39 is 6.10 Å². The van der Waals surface area contributed by atoms with Crippen LogP contribution < -0.4 is 5.56 Å². The summed E-state index contributed by atoms with van der Waals surface area (Å²) >= 11 is 26.2. The van der Waals surface area contributed by atoms with Gasteiger partial charge in [0.1, 0.15) is 17.3 Å². The minimum atomic E-state index is -0.399. The van der Waals surface area contributed by atoms with Crippen molar-refractivity contribution >= 4 is 69.4 Å². The van der Waals surface area contributed by atoms with Gasteiger partial charge in [0.2, 0.25) is 5.91 Å². The molecule has 3 aromatic rings. The molecule has 0 radical (unpaired) electrons. The lowest BCUT2D eigenvalue weighted by atomic mass is 9.97. The second-order valence-electron chi connectivity index (χ2n) is 8.63. The number of nitrogens with zero attached hydrogens (tertiary/aromatic N) is 4. The van der Waals surface area contributed by atoms with Crippen molar-refractivity contribution < 1.29 is 9.63 Å². The van der Waals surface area contributed by atoms with Gasteiger partial charge in [-0.1, -0.05) is 51.6 Å². The summed E-state index contributed by atoms with van der Waals surface area (Å²) in [6, 6.07) is 6.45. The Labute approximate surface area is 231 Å². The Kier molecular flexibility index (Phi) is 7.60. The first-order chi connectivity index (χ1) is 17.3. The number of piperidine rings is 1. The lowest BCUT2D eigenvalue weighted by Gasteiger charge is -2.31. The Morgan fingerprint density at radius 1 is 1.11 bits per heavy atom. The molecule has 12 heteroatoms. The summed E-state index contributed by atoms with van der Waals surface area (Å²) in [5.41, 5.74) is 1.81. The Morgan fingerprint density at radius 3 is 2.56 bits per heavy atom. The molecule has 2 aromatic heterocycles. The number of aromatic nitrogens is 2. The number of amides is 1. The topological polar surface area (TPSA) is 76.8 Å². The molecule has 0 N–H and O–H groups in total. The molecule has 0 aliphatic carbocycles. The largest absolute Gasteiger partial charge is 0.387 e. The van der Waals surface area contributed by atoms with Crippen LogP contribution in [-0.2, 0) is 16.2 Å². The number of hydrogen-bond acceptors (Lipinski definition) is 6. The van der Waals surface area contributed by atoms with Gasteiger partial charge in [-0.2, -0.15) is 0 Å². The third-order valence-electron chi connectivity index (χ3n) is 6.33. The maximum Gasteiger partial charge on any atom is 0.269 e. The molecule has 7 nitrogen and oxygen atoms in total. The molecule has 0 spiro atoms. The van der Waals surface area contributed by atoms with Gasteiger partial charge in [-0.25, -0.2) is 4.98 Å². The Balaban J connectivity index is 1.18. The minimum absolute atomic E-state index is 0.0197. The number of carbonyl (C=O) groups excluding carboxylic acids is 1. The van der Waals surface area contributed by atoms with E-state index in [-0.39, 0.29) is 29.0 Å². The number of pyridine rings is 1. The van der Waals surface area contributed by atoms with Crippen molar-refractivity contribution in [3.63, 3.8) is 0 Å². The zero-order chi connectivity index (χ0) is 25.4. The van der Waals surface area contributed by atoms with Crippen molar-refractivity contribution in [2.45, 2.75) is 37.8 Å². The Bertz CT molecular complexity index is 1370. The highest BCUT2D eigenvalue weighted by atomic mass is 35.5. The van der Waals surface area contributed by atoms with E-state index in [0.29, 0.717) is 40.1 Å². The molecule has 1 saturated heterocycles.